The Hall–Kier alpha value is -1.49. The van der Waals surface area contributed by atoms with Crippen molar-refractivity contribution in [3.63, 3.8) is 0 Å². The monoisotopic (exact) mass is 419 g/mol. The van der Waals surface area contributed by atoms with Crippen molar-refractivity contribution < 1.29 is 14.0 Å². The van der Waals surface area contributed by atoms with Gasteiger partial charge in [-0.25, -0.2) is 4.79 Å². The number of piperidine rings is 1. The summed E-state index contributed by atoms with van der Waals surface area (Å²) in [5.74, 6) is 1.30. The van der Waals surface area contributed by atoms with E-state index in [9.17, 15) is 4.79 Å². The van der Waals surface area contributed by atoms with Gasteiger partial charge >= 0.3 is 6.09 Å². The molecule has 1 fully saturated rings. The third-order valence-corrected chi connectivity index (χ3v) is 11.2. The van der Waals surface area contributed by atoms with Crippen molar-refractivity contribution in [2.75, 3.05) is 13.1 Å². The molecule has 0 unspecified atom stereocenters. The molecule has 29 heavy (non-hydrogen) atoms. The van der Waals surface area contributed by atoms with Gasteiger partial charge in [0.2, 0.25) is 8.32 Å². The molecular weight excluding hydrogens is 378 g/mol. The number of nitrogens with zero attached hydrogens (tertiary/aromatic N) is 1. The molecule has 1 aliphatic heterocycles. The Labute approximate surface area is 179 Å². The smallest absolute Gasteiger partial charge is 0.410 e. The number of hydrogen-bond acceptors (Lipinski definition) is 3. The van der Waals surface area contributed by atoms with Crippen molar-refractivity contribution >= 4 is 14.4 Å². The lowest BCUT2D eigenvalue weighted by Crippen LogP contribution is -2.50. The lowest BCUT2D eigenvalue weighted by atomic mass is 9.68. The van der Waals surface area contributed by atoms with Crippen LogP contribution in [0.1, 0.15) is 67.4 Å². The Balaban J connectivity index is 2.18. The fourth-order valence-electron chi connectivity index (χ4n) is 3.52. The predicted molar refractivity (Wildman–Crippen MR) is 123 cm³/mol. The first kappa shape index (κ1) is 23.8. The van der Waals surface area contributed by atoms with Crippen LogP contribution in [-0.2, 0) is 10.2 Å². The summed E-state index contributed by atoms with van der Waals surface area (Å²) in [4.78, 5) is 14.4. The lowest BCUT2D eigenvalue weighted by Gasteiger charge is -2.45. The van der Waals surface area contributed by atoms with Gasteiger partial charge in [-0.2, -0.15) is 0 Å². The van der Waals surface area contributed by atoms with Crippen molar-refractivity contribution in [2.45, 2.75) is 91.0 Å². The Morgan fingerprint density at radius 1 is 1.17 bits per heavy atom. The van der Waals surface area contributed by atoms with Gasteiger partial charge in [-0.15, -0.1) is 0 Å². The molecule has 0 N–H and O–H groups in total. The number of rotatable bonds is 3. The second kappa shape index (κ2) is 7.97. The van der Waals surface area contributed by atoms with Gasteiger partial charge in [-0.3, -0.25) is 0 Å². The molecule has 4 nitrogen and oxygen atoms in total. The summed E-state index contributed by atoms with van der Waals surface area (Å²) in [5.41, 5.74) is 0.840. The molecule has 0 aliphatic carbocycles. The van der Waals surface area contributed by atoms with Gasteiger partial charge in [0.1, 0.15) is 11.4 Å². The Morgan fingerprint density at radius 3 is 2.31 bits per heavy atom. The first-order valence-electron chi connectivity index (χ1n) is 10.8. The molecule has 0 aromatic heterocycles. The zero-order chi connectivity index (χ0) is 22.3. The molecule has 0 radical (unpaired) electrons. The van der Waals surface area contributed by atoms with E-state index in [4.69, 9.17) is 9.16 Å². The van der Waals surface area contributed by atoms with Crippen molar-refractivity contribution in [1.29, 1.82) is 0 Å². The Morgan fingerprint density at radius 2 is 1.79 bits per heavy atom. The highest BCUT2D eigenvalue weighted by atomic mass is 28.4. The maximum Gasteiger partial charge on any atom is 0.410 e. The van der Waals surface area contributed by atoms with Gasteiger partial charge < -0.3 is 14.1 Å². The van der Waals surface area contributed by atoms with Crippen LogP contribution in [0.2, 0.25) is 18.1 Å². The van der Waals surface area contributed by atoms with Crippen LogP contribution in [0.15, 0.2) is 24.3 Å². The molecule has 2 rings (SSSR count). The molecule has 1 aromatic carbocycles. The third-order valence-electron chi connectivity index (χ3n) is 6.81. The number of likely N-dealkylation sites (tertiary alicyclic amines) is 1. The molecule has 0 bridgehead atoms. The van der Waals surface area contributed by atoms with Gasteiger partial charge in [0.15, 0.2) is 0 Å². The van der Waals surface area contributed by atoms with Gasteiger partial charge in [0.05, 0.1) is 0 Å². The van der Waals surface area contributed by atoms with Crippen LogP contribution in [0.4, 0.5) is 4.79 Å². The summed E-state index contributed by atoms with van der Waals surface area (Å²) in [5, 5.41) is 0.166. The van der Waals surface area contributed by atoms with E-state index in [1.54, 1.807) is 0 Å². The van der Waals surface area contributed by atoms with Crippen LogP contribution in [0.5, 0.6) is 5.75 Å². The van der Waals surface area contributed by atoms with Crippen molar-refractivity contribution in [3.8, 4) is 5.75 Å². The molecule has 5 heteroatoms. The van der Waals surface area contributed by atoms with E-state index in [1.807, 2.05) is 25.7 Å². The number of amides is 1. The topological polar surface area (TPSA) is 38.8 Å². The summed E-state index contributed by atoms with van der Waals surface area (Å²) in [6.45, 7) is 23.1. The molecule has 1 aliphatic rings. The molecule has 1 heterocycles. The van der Waals surface area contributed by atoms with Crippen LogP contribution >= 0.6 is 0 Å². The molecular formula is C24H41NO3Si. The number of hydrogen-bond donors (Lipinski definition) is 0. The molecule has 1 aromatic rings. The number of benzene rings is 1. The van der Waals surface area contributed by atoms with Gasteiger partial charge in [-0.1, -0.05) is 46.8 Å². The SMILES string of the molecule is C[C@H]1CN(C(=O)OC(C)(C)C)CC[C@@]1(C)c1cccc(O[Si](C)(C)C(C)(C)C)c1. The number of ether oxygens (including phenoxy) is 1. The second-order valence-corrected chi connectivity index (χ2v) is 16.1. The van der Waals surface area contributed by atoms with Crippen LogP contribution in [-0.4, -0.2) is 38.0 Å². The van der Waals surface area contributed by atoms with Gasteiger partial charge in [0, 0.05) is 13.1 Å². The van der Waals surface area contributed by atoms with E-state index < -0.39 is 13.9 Å². The molecule has 1 amide bonds. The van der Waals surface area contributed by atoms with Crippen molar-refractivity contribution in [1.82, 2.24) is 4.90 Å². The van der Waals surface area contributed by atoms with Crippen molar-refractivity contribution in [2.24, 2.45) is 5.92 Å². The Bertz CT molecular complexity index is 732. The van der Waals surface area contributed by atoms with Gasteiger partial charge in [-0.05, 0) is 74.4 Å². The first-order valence-corrected chi connectivity index (χ1v) is 13.7. The maximum absolute atomic E-state index is 12.5. The van der Waals surface area contributed by atoms with E-state index in [-0.39, 0.29) is 16.5 Å². The van der Waals surface area contributed by atoms with Crippen LogP contribution in [0, 0.1) is 5.92 Å². The van der Waals surface area contributed by atoms with E-state index in [2.05, 4.69) is 72.0 Å². The van der Waals surface area contributed by atoms with E-state index >= 15 is 0 Å². The summed E-state index contributed by atoms with van der Waals surface area (Å²) in [7, 11) is -1.88. The van der Waals surface area contributed by atoms with E-state index in [0.717, 1.165) is 12.2 Å². The van der Waals surface area contributed by atoms with Crippen LogP contribution < -0.4 is 4.43 Å². The molecule has 2 atom stereocenters. The zero-order valence-electron chi connectivity index (χ0n) is 20.2. The maximum atomic E-state index is 12.5. The normalized spacial score (nSPS) is 23.7. The van der Waals surface area contributed by atoms with Crippen LogP contribution in [0.25, 0.3) is 0 Å². The molecule has 0 spiro atoms. The minimum Gasteiger partial charge on any atom is -0.543 e. The summed E-state index contributed by atoms with van der Waals surface area (Å²) in [6.07, 6.45) is 0.707. The van der Waals surface area contributed by atoms with Gasteiger partial charge in [0.25, 0.3) is 0 Å². The first-order chi connectivity index (χ1) is 13.1. The third kappa shape index (κ3) is 5.56. The van der Waals surface area contributed by atoms with E-state index in [0.29, 0.717) is 19.0 Å². The zero-order valence-corrected chi connectivity index (χ0v) is 21.2. The van der Waals surface area contributed by atoms with Crippen molar-refractivity contribution in [3.05, 3.63) is 29.8 Å². The fourth-order valence-corrected chi connectivity index (χ4v) is 4.54. The molecule has 164 valence electrons. The molecule has 0 saturated carbocycles. The minimum atomic E-state index is -1.88. The largest absolute Gasteiger partial charge is 0.543 e. The average molecular weight is 420 g/mol. The van der Waals surface area contributed by atoms with Crippen LogP contribution in [0.3, 0.4) is 0 Å². The molecule has 1 saturated heterocycles. The quantitative estimate of drug-likeness (QED) is 0.518. The second-order valence-electron chi connectivity index (χ2n) is 11.4. The van der Waals surface area contributed by atoms with E-state index in [1.165, 1.54) is 5.56 Å². The standard InChI is InChI=1S/C24H41NO3Si/c1-18-17-25(21(26)27-22(2,3)4)15-14-24(18,8)19-12-11-13-20(16-19)28-29(9,10)23(5,6)7/h11-13,16,18H,14-15,17H2,1-10H3/t18-,24+/m0/s1. The summed E-state index contributed by atoms with van der Waals surface area (Å²) >= 11 is 0. The number of carbonyl (C=O) groups is 1. The summed E-state index contributed by atoms with van der Waals surface area (Å²) < 4.78 is 12.1. The number of carbonyl (C=O) groups excluding carboxylic acids is 1. The summed E-state index contributed by atoms with van der Waals surface area (Å²) in [6, 6.07) is 8.61. The Kier molecular flexibility index (Phi) is 6.54. The minimum absolute atomic E-state index is 0.00527. The average Bonchev–Trinajstić information content (AvgIpc) is 2.54. The fraction of sp³-hybridized carbons (Fsp3) is 0.708. The highest BCUT2D eigenvalue weighted by Crippen LogP contribution is 2.42. The highest BCUT2D eigenvalue weighted by molar-refractivity contribution is 6.74. The lowest BCUT2D eigenvalue weighted by molar-refractivity contribution is 0.00920. The highest BCUT2D eigenvalue weighted by Gasteiger charge is 2.42. The predicted octanol–water partition coefficient (Wildman–Crippen LogP) is 6.61.